The standard InChI is InChI=1S/C8H4Cl2N8O9/c9-3-5(15(19)20)11-13(7(3)17(23)24)1-27-2-14-8(18(25)26)4(10)6(12-14)16(21)22/h1-2H2. The highest BCUT2D eigenvalue weighted by molar-refractivity contribution is 6.34. The Bertz CT molecular complexity index is 891. The second-order valence-electron chi connectivity index (χ2n) is 4.41. The number of rotatable bonds is 8. The summed E-state index contributed by atoms with van der Waals surface area (Å²) in [5.41, 5.74) is 0. The zero-order valence-corrected chi connectivity index (χ0v) is 13.9. The molecule has 2 aromatic heterocycles. The first kappa shape index (κ1) is 19.9. The van der Waals surface area contributed by atoms with Gasteiger partial charge in [-0.1, -0.05) is 23.2 Å². The minimum Gasteiger partial charge on any atom is -0.358 e. The van der Waals surface area contributed by atoms with E-state index in [9.17, 15) is 40.5 Å². The SMILES string of the molecule is O=[N+]([O-])c1nn(COCn2nc([N+](=O)[O-])c(Cl)c2[N+](=O)[O-])c([N+](=O)[O-])c1Cl. The lowest BCUT2D eigenvalue weighted by Gasteiger charge is -1.97. The Kier molecular flexibility index (Phi) is 5.47. The van der Waals surface area contributed by atoms with Crippen LogP contribution in [0, 0.1) is 40.5 Å². The predicted octanol–water partition coefficient (Wildman–Crippen LogP) is 1.65. The van der Waals surface area contributed by atoms with Crippen molar-refractivity contribution in [3.63, 3.8) is 0 Å². The zero-order chi connectivity index (χ0) is 20.5. The molecule has 0 aliphatic rings. The van der Waals surface area contributed by atoms with Gasteiger partial charge in [-0.25, -0.2) is 0 Å². The van der Waals surface area contributed by atoms with Crippen LogP contribution in [0.1, 0.15) is 0 Å². The third-order valence-electron chi connectivity index (χ3n) is 2.82. The third-order valence-corrected chi connectivity index (χ3v) is 3.50. The third kappa shape index (κ3) is 3.73. The van der Waals surface area contributed by atoms with Crippen molar-refractivity contribution >= 4 is 46.5 Å². The number of ether oxygens (including phenoxy) is 1. The largest absolute Gasteiger partial charge is 0.439 e. The van der Waals surface area contributed by atoms with E-state index in [0.29, 0.717) is 9.36 Å². The van der Waals surface area contributed by atoms with Gasteiger partial charge < -0.3 is 40.5 Å². The summed E-state index contributed by atoms with van der Waals surface area (Å²) in [5.74, 6) is -3.92. The Balaban J connectivity index is 2.27. The van der Waals surface area contributed by atoms with Crippen molar-refractivity contribution in [2.45, 2.75) is 13.5 Å². The molecule has 0 radical (unpaired) electrons. The van der Waals surface area contributed by atoms with Crippen LogP contribution in [-0.4, -0.2) is 39.3 Å². The molecule has 0 aliphatic heterocycles. The van der Waals surface area contributed by atoms with E-state index >= 15 is 0 Å². The molecular formula is C8H4Cl2N8O9. The number of nitro groups is 4. The lowest BCUT2D eigenvalue weighted by atomic mass is 10.6. The van der Waals surface area contributed by atoms with Gasteiger partial charge in [-0.3, -0.25) is 4.74 Å². The molecule has 144 valence electrons. The number of aromatic nitrogens is 4. The van der Waals surface area contributed by atoms with Gasteiger partial charge in [0, 0.05) is 0 Å². The van der Waals surface area contributed by atoms with Crippen molar-refractivity contribution in [1.82, 2.24) is 19.6 Å². The van der Waals surface area contributed by atoms with Crippen LogP contribution in [0.5, 0.6) is 0 Å². The highest BCUT2D eigenvalue weighted by atomic mass is 35.5. The molecule has 2 aromatic rings. The lowest BCUT2D eigenvalue weighted by Crippen LogP contribution is -2.13. The Morgan fingerprint density at radius 2 is 1.07 bits per heavy atom. The minimum atomic E-state index is -1.06. The summed E-state index contributed by atoms with van der Waals surface area (Å²) >= 11 is 11.0. The molecule has 17 nitrogen and oxygen atoms in total. The Morgan fingerprint density at radius 1 is 0.741 bits per heavy atom. The topological polar surface area (TPSA) is 217 Å². The Labute approximate surface area is 155 Å². The molecular weight excluding hydrogens is 423 g/mol. The normalized spacial score (nSPS) is 10.7. The highest BCUT2D eigenvalue weighted by Gasteiger charge is 2.38. The second-order valence-corrected chi connectivity index (χ2v) is 5.17. The molecule has 0 N–H and O–H groups in total. The van der Waals surface area contributed by atoms with Crippen molar-refractivity contribution in [2.75, 3.05) is 0 Å². The zero-order valence-electron chi connectivity index (χ0n) is 12.4. The van der Waals surface area contributed by atoms with Crippen LogP contribution >= 0.6 is 23.2 Å². The average molecular weight is 427 g/mol. The van der Waals surface area contributed by atoms with Gasteiger partial charge in [0.05, 0.1) is 0 Å². The van der Waals surface area contributed by atoms with E-state index in [1.165, 1.54) is 0 Å². The van der Waals surface area contributed by atoms with Gasteiger partial charge in [0.1, 0.15) is 0 Å². The number of nitrogens with zero attached hydrogens (tertiary/aromatic N) is 8. The molecule has 0 aromatic carbocycles. The van der Waals surface area contributed by atoms with E-state index < -0.39 is 66.5 Å². The summed E-state index contributed by atoms with van der Waals surface area (Å²) in [4.78, 5) is 39.2. The summed E-state index contributed by atoms with van der Waals surface area (Å²) in [5, 5.41) is 48.3. The van der Waals surface area contributed by atoms with Gasteiger partial charge in [-0.15, -0.1) is 0 Å². The monoisotopic (exact) mass is 426 g/mol. The smallest absolute Gasteiger partial charge is 0.358 e. The molecule has 19 heteroatoms. The van der Waals surface area contributed by atoms with Crippen LogP contribution in [0.4, 0.5) is 23.3 Å². The average Bonchev–Trinajstić information content (AvgIpc) is 3.05. The van der Waals surface area contributed by atoms with Crippen LogP contribution in [-0.2, 0) is 18.2 Å². The first-order valence-electron chi connectivity index (χ1n) is 6.24. The van der Waals surface area contributed by atoms with Crippen LogP contribution in [0.2, 0.25) is 10.0 Å². The molecule has 0 atom stereocenters. The molecule has 0 amide bonds. The molecule has 27 heavy (non-hydrogen) atoms. The first-order valence-corrected chi connectivity index (χ1v) is 6.99. The molecule has 0 saturated carbocycles. The molecule has 0 bridgehead atoms. The summed E-state index contributed by atoms with van der Waals surface area (Å²) in [6.07, 6.45) is 0. The highest BCUT2D eigenvalue weighted by Crippen LogP contribution is 2.34. The van der Waals surface area contributed by atoms with Gasteiger partial charge in [0.15, 0.2) is 10.2 Å². The van der Waals surface area contributed by atoms with Gasteiger partial charge in [-0.2, -0.15) is 0 Å². The van der Waals surface area contributed by atoms with Gasteiger partial charge >= 0.3 is 23.3 Å². The van der Waals surface area contributed by atoms with Crippen molar-refractivity contribution < 1.29 is 24.4 Å². The molecule has 0 spiro atoms. The van der Waals surface area contributed by atoms with Crippen LogP contribution < -0.4 is 0 Å². The van der Waals surface area contributed by atoms with E-state index in [2.05, 4.69) is 10.2 Å². The quantitative estimate of drug-likeness (QED) is 0.435. The first-order chi connectivity index (χ1) is 12.6. The summed E-state index contributed by atoms with van der Waals surface area (Å²) < 4.78 is 5.76. The maximum absolute atomic E-state index is 11.0. The predicted molar refractivity (Wildman–Crippen MR) is 82.2 cm³/mol. The fourth-order valence-corrected chi connectivity index (χ4v) is 2.36. The molecule has 0 aliphatic carbocycles. The van der Waals surface area contributed by atoms with Crippen molar-refractivity contribution in [2.24, 2.45) is 0 Å². The van der Waals surface area contributed by atoms with E-state index in [4.69, 9.17) is 27.9 Å². The van der Waals surface area contributed by atoms with Gasteiger partial charge in [0.2, 0.25) is 23.5 Å². The minimum absolute atomic E-state index is 0.422. The van der Waals surface area contributed by atoms with Gasteiger partial charge in [0.25, 0.3) is 0 Å². The number of halogens is 2. The molecule has 0 saturated heterocycles. The van der Waals surface area contributed by atoms with E-state index in [1.54, 1.807) is 0 Å². The van der Waals surface area contributed by atoms with E-state index in [0.717, 1.165) is 0 Å². The van der Waals surface area contributed by atoms with E-state index in [1.807, 2.05) is 0 Å². The van der Waals surface area contributed by atoms with Gasteiger partial charge in [-0.05, 0) is 29.1 Å². The fourth-order valence-electron chi connectivity index (χ4n) is 1.81. The summed E-state index contributed by atoms with van der Waals surface area (Å²) in [7, 11) is 0. The molecule has 2 rings (SSSR count). The summed E-state index contributed by atoms with van der Waals surface area (Å²) in [6, 6.07) is 0. The number of hydrogen-bond acceptors (Lipinski definition) is 11. The van der Waals surface area contributed by atoms with Crippen LogP contribution in [0.25, 0.3) is 0 Å². The Morgan fingerprint density at radius 3 is 1.33 bits per heavy atom. The fraction of sp³-hybridized carbons (Fsp3) is 0.250. The van der Waals surface area contributed by atoms with Crippen molar-refractivity contribution in [3.05, 3.63) is 50.5 Å². The molecule has 2 heterocycles. The lowest BCUT2D eigenvalue weighted by molar-refractivity contribution is -0.396. The number of hydrogen-bond donors (Lipinski definition) is 0. The molecule has 0 fully saturated rings. The Hall–Kier alpha value is -3.44. The van der Waals surface area contributed by atoms with Crippen molar-refractivity contribution in [1.29, 1.82) is 0 Å². The van der Waals surface area contributed by atoms with Crippen LogP contribution in [0.3, 0.4) is 0 Å². The second kappa shape index (κ2) is 7.43. The maximum atomic E-state index is 11.0. The summed E-state index contributed by atoms with van der Waals surface area (Å²) in [6.45, 7) is -1.63. The van der Waals surface area contributed by atoms with Crippen molar-refractivity contribution in [3.8, 4) is 0 Å². The maximum Gasteiger partial charge on any atom is 0.439 e. The van der Waals surface area contributed by atoms with E-state index in [-0.39, 0.29) is 0 Å². The molecule has 0 unspecified atom stereocenters. The van der Waals surface area contributed by atoms with Crippen LogP contribution in [0.15, 0.2) is 0 Å².